The van der Waals surface area contributed by atoms with Gasteiger partial charge < -0.3 is 5.11 Å². The van der Waals surface area contributed by atoms with Gasteiger partial charge in [0.2, 0.25) is 0 Å². The zero-order valence-corrected chi connectivity index (χ0v) is 26.2. The molecular formula is C34H46Cl3NO. The Morgan fingerprint density at radius 2 is 1.21 bits per heavy atom. The Kier molecular flexibility index (Phi) is 15.3. The molecule has 0 N–H and O–H groups in total. The molecule has 0 spiro atoms. The number of alkyl halides is 2. The van der Waals surface area contributed by atoms with Crippen molar-refractivity contribution in [2.75, 3.05) is 20.6 Å². The van der Waals surface area contributed by atoms with Gasteiger partial charge in [0.05, 0.1) is 20.6 Å². The zero-order valence-electron chi connectivity index (χ0n) is 24.0. The Morgan fingerprint density at radius 1 is 0.692 bits per heavy atom. The molecule has 214 valence electrons. The number of hydrogen-bond donors (Lipinski definition) is 0. The van der Waals surface area contributed by atoms with Crippen molar-refractivity contribution < 1.29 is 9.59 Å². The third-order valence-electron chi connectivity index (χ3n) is 7.21. The summed E-state index contributed by atoms with van der Waals surface area (Å²) in [5.74, 6) is 0.0447. The van der Waals surface area contributed by atoms with Crippen LogP contribution in [0, 0.1) is 0 Å². The normalized spacial score (nSPS) is 11.6. The van der Waals surface area contributed by atoms with Crippen molar-refractivity contribution in [2.45, 2.75) is 82.0 Å². The summed E-state index contributed by atoms with van der Waals surface area (Å²) in [5, 5.41) is 12.1. The molecule has 3 rings (SSSR count). The number of unbranched alkanes of at least 4 members (excludes halogenated alkanes) is 9. The highest BCUT2D eigenvalue weighted by molar-refractivity contribution is 6.46. The summed E-state index contributed by atoms with van der Waals surface area (Å²) in [6.07, 6.45) is 14.1. The van der Waals surface area contributed by atoms with Crippen molar-refractivity contribution in [3.63, 3.8) is 0 Å². The van der Waals surface area contributed by atoms with E-state index in [0.717, 1.165) is 23.2 Å². The van der Waals surface area contributed by atoms with Gasteiger partial charge in [-0.25, -0.2) is 0 Å². The van der Waals surface area contributed by atoms with Crippen LogP contribution >= 0.6 is 34.8 Å². The summed E-state index contributed by atoms with van der Waals surface area (Å²) in [7, 11) is 4.25. The molecule has 0 amide bonds. The van der Waals surface area contributed by atoms with Crippen LogP contribution < -0.4 is 5.11 Å². The summed E-state index contributed by atoms with van der Waals surface area (Å²) in [6, 6.07) is 24.8. The van der Waals surface area contributed by atoms with Gasteiger partial charge in [0.1, 0.15) is 0 Å². The Labute approximate surface area is 252 Å². The van der Waals surface area contributed by atoms with Crippen LogP contribution in [0.2, 0.25) is 5.02 Å². The molecule has 0 saturated carbocycles. The second kappa shape index (κ2) is 17.9. The van der Waals surface area contributed by atoms with Gasteiger partial charge in [-0.2, -0.15) is 0 Å². The van der Waals surface area contributed by atoms with Crippen LogP contribution in [0.5, 0.6) is 5.75 Å². The van der Waals surface area contributed by atoms with Crippen molar-refractivity contribution in [3.8, 4) is 5.75 Å². The van der Waals surface area contributed by atoms with E-state index >= 15 is 0 Å². The Morgan fingerprint density at radius 3 is 1.77 bits per heavy atom. The average molecular weight is 591 g/mol. The van der Waals surface area contributed by atoms with Crippen molar-refractivity contribution in [2.24, 2.45) is 0 Å². The number of hydrogen-bond acceptors (Lipinski definition) is 1. The lowest BCUT2D eigenvalue weighted by atomic mass is 10.0. The highest BCUT2D eigenvalue weighted by Gasteiger charge is 2.43. The summed E-state index contributed by atoms with van der Waals surface area (Å²) >= 11 is 19.3. The number of nitrogens with zero attached hydrogens (tertiary/aromatic N) is 1. The third-order valence-corrected chi connectivity index (χ3v) is 8.80. The van der Waals surface area contributed by atoms with Gasteiger partial charge in [0.15, 0.2) is 0 Å². The van der Waals surface area contributed by atoms with Crippen molar-refractivity contribution in [1.82, 2.24) is 0 Å². The molecule has 0 radical (unpaired) electrons. The molecule has 0 fully saturated rings. The average Bonchev–Trinajstić information content (AvgIpc) is 2.93. The first-order valence-corrected chi connectivity index (χ1v) is 15.6. The molecule has 0 unspecified atom stereocenters. The summed E-state index contributed by atoms with van der Waals surface area (Å²) in [4.78, 5) is 0. The van der Waals surface area contributed by atoms with Gasteiger partial charge in [0, 0.05) is 10.6 Å². The quantitative estimate of drug-likeness (QED) is 0.0747. The zero-order chi connectivity index (χ0) is 28.6. The van der Waals surface area contributed by atoms with E-state index in [9.17, 15) is 5.11 Å². The second-order valence-electron chi connectivity index (χ2n) is 10.9. The maximum Gasteiger partial charge on any atom is 0.277 e. The molecule has 0 aliphatic heterocycles. The predicted octanol–water partition coefficient (Wildman–Crippen LogP) is 10.3. The lowest BCUT2D eigenvalue weighted by molar-refractivity contribution is -0.920. The molecular weight excluding hydrogens is 545 g/mol. The van der Waals surface area contributed by atoms with Crippen LogP contribution in [0.1, 0.15) is 87.8 Å². The van der Waals surface area contributed by atoms with Crippen LogP contribution in [0.15, 0.2) is 78.9 Å². The fourth-order valence-electron chi connectivity index (χ4n) is 4.63. The molecule has 0 aliphatic rings. The first-order valence-electron chi connectivity index (χ1n) is 14.4. The van der Waals surface area contributed by atoms with E-state index in [4.69, 9.17) is 34.8 Å². The van der Waals surface area contributed by atoms with Gasteiger partial charge in [-0.3, -0.25) is 4.48 Å². The first-order chi connectivity index (χ1) is 18.7. The van der Waals surface area contributed by atoms with E-state index in [1.165, 1.54) is 70.3 Å². The van der Waals surface area contributed by atoms with Crippen molar-refractivity contribution >= 4 is 34.8 Å². The standard InChI is InChI=1S/C21H36Cl2N.C13H11ClO/c1-4-5-6-7-8-9-10-11-12-16-19-24(2,3)21(22,23)20-17-14-13-15-18-20;14-12-6-7-13(15)11(9-12)8-10-4-2-1-3-5-10/h13-15,17-18H,4-12,16,19H2,1-3H3;1-7,9,15H,8H2/q+1;/p-1. The third kappa shape index (κ3) is 12.1. The van der Waals surface area contributed by atoms with Crippen LogP contribution in [-0.4, -0.2) is 25.1 Å². The smallest absolute Gasteiger partial charge is 0.277 e. The van der Waals surface area contributed by atoms with Gasteiger partial charge in [0.25, 0.3) is 4.46 Å². The summed E-state index contributed by atoms with van der Waals surface area (Å²) < 4.78 is -0.294. The minimum Gasteiger partial charge on any atom is -0.872 e. The maximum absolute atomic E-state index is 11.5. The van der Waals surface area contributed by atoms with Crippen LogP contribution in [0.3, 0.4) is 0 Å². The fourth-order valence-corrected chi connectivity index (χ4v) is 5.24. The number of rotatable bonds is 15. The van der Waals surface area contributed by atoms with E-state index < -0.39 is 4.46 Å². The molecule has 0 heterocycles. The van der Waals surface area contributed by atoms with Crippen LogP contribution in [-0.2, 0) is 10.9 Å². The predicted molar refractivity (Wildman–Crippen MR) is 169 cm³/mol. The summed E-state index contributed by atoms with van der Waals surface area (Å²) in [6.45, 7) is 3.27. The van der Waals surface area contributed by atoms with Gasteiger partial charge in [-0.05, 0) is 72.3 Å². The topological polar surface area (TPSA) is 23.1 Å². The molecule has 5 heteroatoms. The minimum absolute atomic E-state index is 0.0447. The molecule has 0 saturated heterocycles. The van der Waals surface area contributed by atoms with E-state index in [1.807, 2.05) is 60.7 Å². The van der Waals surface area contributed by atoms with E-state index in [0.29, 0.717) is 15.9 Å². The number of halogens is 3. The molecule has 39 heavy (non-hydrogen) atoms. The molecule has 0 bridgehead atoms. The van der Waals surface area contributed by atoms with Crippen LogP contribution in [0.4, 0.5) is 0 Å². The van der Waals surface area contributed by atoms with Crippen molar-refractivity contribution in [1.29, 1.82) is 0 Å². The van der Waals surface area contributed by atoms with Gasteiger partial charge in [-0.1, -0.05) is 130 Å². The number of benzene rings is 3. The molecule has 0 aromatic heterocycles. The molecule has 3 aromatic rings. The second-order valence-corrected chi connectivity index (χ2v) is 12.6. The molecule has 2 nitrogen and oxygen atoms in total. The highest BCUT2D eigenvalue weighted by Crippen LogP contribution is 2.41. The minimum atomic E-state index is -0.888. The monoisotopic (exact) mass is 589 g/mol. The molecule has 3 aromatic carbocycles. The lowest BCUT2D eigenvalue weighted by Crippen LogP contribution is -2.51. The molecule has 0 aliphatic carbocycles. The largest absolute Gasteiger partial charge is 0.872 e. The summed E-state index contributed by atoms with van der Waals surface area (Å²) in [5.41, 5.74) is 2.84. The SMILES string of the molecule is CCCCCCCCCCCC[N+](C)(C)C(Cl)(Cl)c1ccccc1.[O-]c1ccc(Cl)cc1Cc1ccccc1. The lowest BCUT2D eigenvalue weighted by Gasteiger charge is -2.40. The fraction of sp³-hybridized carbons (Fsp3) is 0.471. The first kappa shape index (κ1) is 33.5. The Bertz CT molecular complexity index is 1050. The van der Waals surface area contributed by atoms with Crippen molar-refractivity contribution in [3.05, 3.63) is 101 Å². The Hall–Kier alpha value is -1.71. The van der Waals surface area contributed by atoms with Gasteiger partial charge in [-0.15, -0.1) is 5.75 Å². The van der Waals surface area contributed by atoms with E-state index in [2.05, 4.69) is 21.0 Å². The Balaban J connectivity index is 0.000000302. The van der Waals surface area contributed by atoms with Gasteiger partial charge >= 0.3 is 0 Å². The maximum atomic E-state index is 11.5. The van der Waals surface area contributed by atoms with E-state index in [1.54, 1.807) is 12.1 Å². The highest BCUT2D eigenvalue weighted by atomic mass is 35.5. The van der Waals surface area contributed by atoms with E-state index in [-0.39, 0.29) is 5.75 Å². The molecule has 0 atom stereocenters. The van der Waals surface area contributed by atoms with Crippen LogP contribution in [0.25, 0.3) is 0 Å². The number of quaternary nitrogens is 1.